The molecule has 4 heterocycles. The van der Waals surface area contributed by atoms with Crippen LogP contribution in [-0.4, -0.2) is 43.2 Å². The van der Waals surface area contributed by atoms with Gasteiger partial charge in [0, 0.05) is 30.5 Å². The molecule has 0 radical (unpaired) electrons. The van der Waals surface area contributed by atoms with E-state index < -0.39 is 24.0 Å². The normalized spacial score (nSPS) is 40.9. The highest BCUT2D eigenvalue weighted by molar-refractivity contribution is 5.90. The molecule has 8 heteroatoms. The molecule has 8 nitrogen and oxygen atoms in total. The third-order valence-corrected chi connectivity index (χ3v) is 8.41. The minimum Gasteiger partial charge on any atom is -0.350 e. The second kappa shape index (κ2) is 9.06. The van der Waals surface area contributed by atoms with E-state index in [1.807, 2.05) is 39.0 Å². The number of carbonyl (C=O) groups excluding carboxylic acids is 1. The maximum Gasteiger partial charge on any atom is 0.319 e. The number of aryl methyl sites for hydroxylation is 2. The maximum atomic E-state index is 12.4. The Hall–Kier alpha value is -1.71. The van der Waals surface area contributed by atoms with E-state index in [0.29, 0.717) is 25.0 Å². The van der Waals surface area contributed by atoms with Crippen LogP contribution in [0.25, 0.3) is 0 Å². The van der Waals surface area contributed by atoms with Crippen molar-refractivity contribution in [2.45, 2.75) is 84.3 Å². The number of fused-ring (bicyclic) bond motifs is 2. The van der Waals surface area contributed by atoms with Crippen molar-refractivity contribution in [2.75, 3.05) is 18.5 Å². The van der Waals surface area contributed by atoms with Gasteiger partial charge in [0.15, 0.2) is 18.2 Å². The molecule has 6 rings (SSSR count). The van der Waals surface area contributed by atoms with E-state index in [4.69, 9.17) is 24.0 Å². The van der Waals surface area contributed by atoms with Crippen molar-refractivity contribution in [3.8, 4) is 0 Å². The van der Waals surface area contributed by atoms with Crippen LogP contribution in [0.1, 0.15) is 57.6 Å². The molecule has 0 aromatic heterocycles. The lowest BCUT2D eigenvalue weighted by atomic mass is 9.58. The highest BCUT2D eigenvalue weighted by Crippen LogP contribution is 2.60. The quantitative estimate of drug-likeness (QED) is 0.477. The second-order valence-electron chi connectivity index (χ2n) is 10.8. The third-order valence-electron chi connectivity index (χ3n) is 8.41. The Bertz CT molecular complexity index is 927. The molecule has 34 heavy (non-hydrogen) atoms. The Labute approximate surface area is 201 Å². The molecule has 8 atom stereocenters. The molecule has 4 aliphatic heterocycles. The van der Waals surface area contributed by atoms with Gasteiger partial charge in [-0.1, -0.05) is 26.0 Å². The average Bonchev–Trinajstić information content (AvgIpc) is 3.03. The number of hydrogen-bond acceptors (Lipinski definition) is 6. The number of ether oxygens (including phenoxy) is 3. The van der Waals surface area contributed by atoms with Crippen molar-refractivity contribution in [1.82, 2.24) is 5.32 Å². The predicted octanol–water partition coefficient (Wildman–Crippen LogP) is 4.65. The molecular formula is C26H38N2O6. The second-order valence-corrected chi connectivity index (χ2v) is 10.8. The van der Waals surface area contributed by atoms with Gasteiger partial charge in [0.2, 0.25) is 5.79 Å². The van der Waals surface area contributed by atoms with Crippen molar-refractivity contribution in [1.29, 1.82) is 0 Å². The maximum absolute atomic E-state index is 12.4. The molecule has 0 unspecified atom stereocenters. The highest BCUT2D eigenvalue weighted by Gasteiger charge is 2.69. The zero-order chi connectivity index (χ0) is 24.1. The van der Waals surface area contributed by atoms with Crippen molar-refractivity contribution in [2.24, 2.45) is 23.7 Å². The molecule has 2 N–H and O–H groups in total. The minimum absolute atomic E-state index is 0.115. The lowest BCUT2D eigenvalue weighted by Gasteiger charge is -2.60. The average molecular weight is 475 g/mol. The Morgan fingerprint density at radius 2 is 1.97 bits per heavy atom. The fourth-order valence-electron chi connectivity index (χ4n) is 6.44. The first-order chi connectivity index (χ1) is 16.2. The topological polar surface area (TPSA) is 87.3 Å². The highest BCUT2D eigenvalue weighted by atomic mass is 17.3. The van der Waals surface area contributed by atoms with Crippen LogP contribution in [0.3, 0.4) is 0 Å². The fourth-order valence-corrected chi connectivity index (χ4v) is 6.44. The summed E-state index contributed by atoms with van der Waals surface area (Å²) in [5, 5.41) is 5.78. The van der Waals surface area contributed by atoms with Gasteiger partial charge in [-0.15, -0.1) is 0 Å². The molecule has 1 saturated carbocycles. The van der Waals surface area contributed by atoms with Crippen molar-refractivity contribution >= 4 is 11.7 Å². The van der Waals surface area contributed by atoms with E-state index in [0.717, 1.165) is 42.5 Å². The van der Waals surface area contributed by atoms with Crippen LogP contribution >= 0.6 is 0 Å². The summed E-state index contributed by atoms with van der Waals surface area (Å²) in [4.78, 5) is 24.4. The number of amides is 2. The monoisotopic (exact) mass is 474 g/mol. The van der Waals surface area contributed by atoms with Crippen LogP contribution in [-0.2, 0) is 24.0 Å². The molecule has 2 bridgehead atoms. The number of benzene rings is 1. The summed E-state index contributed by atoms with van der Waals surface area (Å²) in [6.45, 7) is 11.1. The lowest BCUT2D eigenvalue weighted by Crippen LogP contribution is -2.70. The van der Waals surface area contributed by atoms with E-state index in [9.17, 15) is 4.79 Å². The summed E-state index contributed by atoms with van der Waals surface area (Å²) in [6.07, 6.45) is 3.03. The molecule has 5 aliphatic rings. The molecule has 5 fully saturated rings. The van der Waals surface area contributed by atoms with Gasteiger partial charge in [-0.2, -0.15) is 0 Å². The Balaban J connectivity index is 1.19. The summed E-state index contributed by atoms with van der Waals surface area (Å²) in [5.74, 6) is 0.403. The molecule has 1 aromatic carbocycles. The first-order valence-corrected chi connectivity index (χ1v) is 12.7. The third kappa shape index (κ3) is 4.13. The standard InChI is InChI=1S/C26H38N2O6/c1-15-6-7-17(3)21(14-15)28-24(29)27-12-13-30-22-18(4)20-9-8-16(2)19-10-11-25(5)32-23(31-22)26(19,20)34-33-25/h6-7,14,16,18-20,22-23H,8-13H2,1-5H3,(H2,27,28,29)/t16-,18-,19+,20+,22+,23-,25+,26-/m1/s1. The van der Waals surface area contributed by atoms with E-state index >= 15 is 0 Å². The molecule has 1 aliphatic carbocycles. The number of rotatable bonds is 5. The number of urea groups is 1. The molecule has 188 valence electrons. The van der Waals surface area contributed by atoms with Gasteiger partial charge in [0.05, 0.1) is 6.61 Å². The van der Waals surface area contributed by atoms with Gasteiger partial charge >= 0.3 is 6.03 Å². The SMILES string of the molecule is Cc1ccc(C)c(NC(=O)NCCO[C@H]2O[C@@H]3O[C@]4(C)CC[C@H]5[C@H](C)CC[C@@H]([C@H]2C)[C@@]35OO4)c1. The van der Waals surface area contributed by atoms with Crippen molar-refractivity contribution in [3.63, 3.8) is 0 Å². The van der Waals surface area contributed by atoms with Gasteiger partial charge in [-0.25, -0.2) is 14.6 Å². The zero-order valence-corrected chi connectivity index (χ0v) is 20.9. The summed E-state index contributed by atoms with van der Waals surface area (Å²) in [5.41, 5.74) is 2.34. The van der Waals surface area contributed by atoms with Crippen LogP contribution < -0.4 is 10.6 Å². The lowest BCUT2D eigenvalue weighted by molar-refractivity contribution is -0.577. The number of anilines is 1. The molecule has 4 saturated heterocycles. The first-order valence-electron chi connectivity index (χ1n) is 12.7. The predicted molar refractivity (Wildman–Crippen MR) is 126 cm³/mol. The van der Waals surface area contributed by atoms with Crippen molar-refractivity contribution < 1.29 is 28.8 Å². The van der Waals surface area contributed by atoms with Gasteiger partial charge in [-0.05, 0) is 69.1 Å². The smallest absolute Gasteiger partial charge is 0.319 e. The van der Waals surface area contributed by atoms with Gasteiger partial charge in [0.1, 0.15) is 0 Å². The number of carbonyl (C=O) groups is 1. The van der Waals surface area contributed by atoms with Crippen LogP contribution in [0.5, 0.6) is 0 Å². The number of hydrogen-bond donors (Lipinski definition) is 2. The summed E-state index contributed by atoms with van der Waals surface area (Å²) in [6, 6.07) is 5.74. The molecule has 1 spiro atoms. The number of nitrogens with one attached hydrogen (secondary N) is 2. The van der Waals surface area contributed by atoms with Crippen molar-refractivity contribution in [3.05, 3.63) is 29.3 Å². The van der Waals surface area contributed by atoms with Gasteiger partial charge < -0.3 is 24.8 Å². The van der Waals surface area contributed by atoms with E-state index in [1.54, 1.807) is 0 Å². The van der Waals surface area contributed by atoms with Crippen LogP contribution in [0.2, 0.25) is 0 Å². The van der Waals surface area contributed by atoms with Crippen LogP contribution in [0.15, 0.2) is 18.2 Å². The fraction of sp³-hybridized carbons (Fsp3) is 0.731. The van der Waals surface area contributed by atoms with Crippen LogP contribution in [0.4, 0.5) is 10.5 Å². The Kier molecular flexibility index (Phi) is 6.40. The first kappa shape index (κ1) is 24.0. The van der Waals surface area contributed by atoms with Gasteiger partial charge in [-0.3, -0.25) is 0 Å². The van der Waals surface area contributed by atoms with E-state index in [2.05, 4.69) is 24.5 Å². The Morgan fingerprint density at radius 3 is 2.79 bits per heavy atom. The van der Waals surface area contributed by atoms with Crippen LogP contribution in [0, 0.1) is 37.5 Å². The largest absolute Gasteiger partial charge is 0.350 e. The van der Waals surface area contributed by atoms with E-state index in [-0.39, 0.29) is 17.9 Å². The summed E-state index contributed by atoms with van der Waals surface area (Å²) >= 11 is 0. The van der Waals surface area contributed by atoms with E-state index in [1.165, 1.54) is 0 Å². The van der Waals surface area contributed by atoms with Gasteiger partial charge in [0.25, 0.3) is 0 Å². The molecular weight excluding hydrogens is 436 g/mol. The summed E-state index contributed by atoms with van der Waals surface area (Å²) in [7, 11) is 0. The molecule has 2 amide bonds. The summed E-state index contributed by atoms with van der Waals surface area (Å²) < 4.78 is 18.9. The zero-order valence-electron chi connectivity index (χ0n) is 20.9. The molecule has 1 aromatic rings. The Morgan fingerprint density at radius 1 is 1.15 bits per heavy atom. The minimum atomic E-state index is -0.795.